The summed E-state index contributed by atoms with van der Waals surface area (Å²) in [5, 5.41) is 3.20. The topological polar surface area (TPSA) is 30.5 Å². The zero-order chi connectivity index (χ0) is 17.3. The van der Waals surface area contributed by atoms with E-state index in [4.69, 9.17) is 9.47 Å². The molecule has 1 aliphatic rings. The van der Waals surface area contributed by atoms with Gasteiger partial charge in [0.05, 0.1) is 25.8 Å². The van der Waals surface area contributed by atoms with Crippen LogP contribution in [0.25, 0.3) is 0 Å². The third-order valence-electron chi connectivity index (χ3n) is 4.28. The first kappa shape index (κ1) is 16.6. The summed E-state index contributed by atoms with van der Waals surface area (Å²) in [6.07, 6.45) is -3.67. The van der Waals surface area contributed by atoms with Crippen molar-refractivity contribution in [3.8, 4) is 11.5 Å². The number of nitrogens with one attached hydrogen (secondary N) is 1. The van der Waals surface area contributed by atoms with Gasteiger partial charge in [-0.1, -0.05) is 18.2 Å². The first-order valence-electron chi connectivity index (χ1n) is 7.60. The maximum atomic E-state index is 13.4. The van der Waals surface area contributed by atoms with Crippen LogP contribution in [0.1, 0.15) is 28.3 Å². The molecule has 0 aliphatic carbocycles. The summed E-state index contributed by atoms with van der Waals surface area (Å²) in [4.78, 5) is 0. The first-order chi connectivity index (χ1) is 11.5. The third kappa shape index (κ3) is 2.94. The lowest BCUT2D eigenvalue weighted by Gasteiger charge is -2.30. The predicted octanol–water partition coefficient (Wildman–Crippen LogP) is 3.96. The van der Waals surface area contributed by atoms with Crippen molar-refractivity contribution in [1.29, 1.82) is 0 Å². The highest BCUT2D eigenvalue weighted by Gasteiger charge is 2.36. The molecular weight excluding hydrogens is 319 g/mol. The molecule has 1 unspecified atom stereocenters. The summed E-state index contributed by atoms with van der Waals surface area (Å²) in [5.74, 6) is 1.09. The Balaban J connectivity index is 2.14. The lowest BCUT2D eigenvalue weighted by atomic mass is 9.87. The van der Waals surface area contributed by atoms with E-state index < -0.39 is 17.8 Å². The maximum Gasteiger partial charge on any atom is 0.416 e. The van der Waals surface area contributed by atoms with Gasteiger partial charge in [0.25, 0.3) is 0 Å². The predicted molar refractivity (Wildman–Crippen MR) is 84.5 cm³/mol. The molecule has 0 amide bonds. The first-order valence-corrected chi connectivity index (χ1v) is 7.60. The molecule has 24 heavy (non-hydrogen) atoms. The molecule has 6 heteroatoms. The average Bonchev–Trinajstić information content (AvgIpc) is 2.59. The number of halogens is 3. The molecule has 2 aromatic rings. The minimum absolute atomic E-state index is 0.221. The van der Waals surface area contributed by atoms with Crippen molar-refractivity contribution in [3.63, 3.8) is 0 Å². The number of hydrogen-bond acceptors (Lipinski definition) is 3. The Morgan fingerprint density at radius 3 is 2.33 bits per heavy atom. The molecule has 1 N–H and O–H groups in total. The van der Waals surface area contributed by atoms with Crippen LogP contribution in [-0.4, -0.2) is 20.8 Å². The second-order valence-corrected chi connectivity index (χ2v) is 5.63. The molecule has 0 radical (unpaired) electrons. The second-order valence-electron chi connectivity index (χ2n) is 5.63. The molecule has 1 atom stereocenters. The number of rotatable bonds is 3. The molecule has 1 aliphatic heterocycles. The molecule has 3 nitrogen and oxygen atoms in total. The van der Waals surface area contributed by atoms with Crippen molar-refractivity contribution >= 4 is 0 Å². The average molecular weight is 337 g/mol. The van der Waals surface area contributed by atoms with Crippen LogP contribution in [0.15, 0.2) is 36.4 Å². The van der Waals surface area contributed by atoms with E-state index in [1.165, 1.54) is 19.2 Å². The van der Waals surface area contributed by atoms with Crippen molar-refractivity contribution < 1.29 is 22.6 Å². The lowest BCUT2D eigenvalue weighted by molar-refractivity contribution is -0.138. The Bertz CT molecular complexity index is 744. The van der Waals surface area contributed by atoms with Crippen LogP contribution in [0.3, 0.4) is 0 Å². The van der Waals surface area contributed by atoms with E-state index in [-0.39, 0.29) is 5.56 Å². The molecule has 0 bridgehead atoms. The van der Waals surface area contributed by atoms with Crippen molar-refractivity contribution in [2.75, 3.05) is 20.8 Å². The summed E-state index contributed by atoms with van der Waals surface area (Å²) >= 11 is 0. The number of methoxy groups -OCH3 is 2. The lowest BCUT2D eigenvalue weighted by Crippen LogP contribution is -2.32. The fourth-order valence-corrected chi connectivity index (χ4v) is 3.17. The molecule has 0 saturated heterocycles. The van der Waals surface area contributed by atoms with Gasteiger partial charge in [0.1, 0.15) is 0 Å². The van der Waals surface area contributed by atoms with Crippen LogP contribution in [0.2, 0.25) is 0 Å². The fourth-order valence-electron chi connectivity index (χ4n) is 3.17. The van der Waals surface area contributed by atoms with Crippen LogP contribution < -0.4 is 14.8 Å². The minimum Gasteiger partial charge on any atom is -0.493 e. The van der Waals surface area contributed by atoms with Crippen LogP contribution in [0, 0.1) is 0 Å². The van der Waals surface area contributed by atoms with Gasteiger partial charge in [-0.05, 0) is 41.3 Å². The van der Waals surface area contributed by atoms with E-state index >= 15 is 0 Å². The van der Waals surface area contributed by atoms with Crippen LogP contribution >= 0.6 is 0 Å². The van der Waals surface area contributed by atoms with E-state index in [9.17, 15) is 13.2 Å². The molecule has 128 valence electrons. The fraction of sp³-hybridized carbons (Fsp3) is 0.333. The highest BCUT2D eigenvalue weighted by Crippen LogP contribution is 2.41. The Kier molecular flexibility index (Phi) is 4.41. The van der Waals surface area contributed by atoms with Gasteiger partial charge in [-0.2, -0.15) is 13.2 Å². The SMILES string of the molecule is COc1cc2c(cc1OC)C(c1ccccc1C(F)(F)F)NCC2. The number of ether oxygens (including phenoxy) is 2. The van der Waals surface area contributed by atoms with Gasteiger partial charge in [0.15, 0.2) is 11.5 Å². The highest BCUT2D eigenvalue weighted by atomic mass is 19.4. The van der Waals surface area contributed by atoms with Gasteiger partial charge in [-0.3, -0.25) is 0 Å². The molecule has 0 fully saturated rings. The van der Waals surface area contributed by atoms with Gasteiger partial charge in [-0.25, -0.2) is 0 Å². The zero-order valence-corrected chi connectivity index (χ0v) is 13.4. The van der Waals surface area contributed by atoms with Crippen LogP contribution in [0.4, 0.5) is 13.2 Å². The van der Waals surface area contributed by atoms with Crippen molar-refractivity contribution in [2.45, 2.75) is 18.6 Å². The summed E-state index contributed by atoms with van der Waals surface area (Å²) in [6.45, 7) is 0.597. The molecule has 0 saturated carbocycles. The van der Waals surface area contributed by atoms with E-state index in [0.717, 1.165) is 23.6 Å². The second kappa shape index (κ2) is 6.36. The Morgan fingerprint density at radius 2 is 1.67 bits per heavy atom. The summed E-state index contributed by atoms with van der Waals surface area (Å²) in [5.41, 5.74) is 1.35. The largest absolute Gasteiger partial charge is 0.493 e. The third-order valence-corrected chi connectivity index (χ3v) is 4.28. The van der Waals surface area contributed by atoms with Crippen molar-refractivity contribution in [2.24, 2.45) is 0 Å². The van der Waals surface area contributed by atoms with Gasteiger partial charge in [0, 0.05) is 6.54 Å². The Morgan fingerprint density at radius 1 is 1.00 bits per heavy atom. The van der Waals surface area contributed by atoms with Gasteiger partial charge >= 0.3 is 6.18 Å². The van der Waals surface area contributed by atoms with E-state index in [2.05, 4.69) is 5.32 Å². The van der Waals surface area contributed by atoms with Crippen LogP contribution in [-0.2, 0) is 12.6 Å². The molecule has 0 spiro atoms. The number of fused-ring (bicyclic) bond motifs is 1. The molecule has 2 aromatic carbocycles. The highest BCUT2D eigenvalue weighted by molar-refractivity contribution is 5.52. The van der Waals surface area contributed by atoms with Gasteiger partial charge in [-0.15, -0.1) is 0 Å². The quantitative estimate of drug-likeness (QED) is 0.920. The monoisotopic (exact) mass is 337 g/mol. The molecule has 1 heterocycles. The summed E-state index contributed by atoms with van der Waals surface area (Å²) in [7, 11) is 3.06. The number of benzene rings is 2. The molecule has 0 aromatic heterocycles. The number of alkyl halides is 3. The Labute approximate surface area is 138 Å². The van der Waals surface area contributed by atoms with E-state index in [1.807, 2.05) is 6.07 Å². The van der Waals surface area contributed by atoms with Gasteiger partial charge < -0.3 is 14.8 Å². The normalized spacial score (nSPS) is 17.3. The summed E-state index contributed by atoms with van der Waals surface area (Å²) < 4.78 is 50.7. The zero-order valence-electron chi connectivity index (χ0n) is 13.4. The van der Waals surface area contributed by atoms with Crippen molar-refractivity contribution in [1.82, 2.24) is 5.32 Å². The van der Waals surface area contributed by atoms with Crippen molar-refractivity contribution in [3.05, 3.63) is 58.7 Å². The Hall–Kier alpha value is -2.21. The summed E-state index contributed by atoms with van der Waals surface area (Å²) in [6, 6.07) is 8.74. The minimum atomic E-state index is -4.40. The number of hydrogen-bond donors (Lipinski definition) is 1. The smallest absolute Gasteiger partial charge is 0.416 e. The van der Waals surface area contributed by atoms with E-state index in [0.29, 0.717) is 18.0 Å². The van der Waals surface area contributed by atoms with Gasteiger partial charge in [0.2, 0.25) is 0 Å². The van der Waals surface area contributed by atoms with E-state index in [1.54, 1.807) is 19.2 Å². The molecular formula is C18H18F3NO2. The van der Waals surface area contributed by atoms with Crippen LogP contribution in [0.5, 0.6) is 11.5 Å². The molecule has 3 rings (SSSR count). The standard InChI is InChI=1S/C18H18F3NO2/c1-23-15-9-11-7-8-22-17(13(11)10-16(15)24-2)12-5-3-4-6-14(12)18(19,20)21/h3-6,9-10,17,22H,7-8H2,1-2H3. The maximum absolute atomic E-state index is 13.4.